The molecule has 3 aliphatic heterocycles. The summed E-state index contributed by atoms with van der Waals surface area (Å²) in [4.78, 5) is 9.44. The quantitative estimate of drug-likeness (QED) is 0.742. The lowest BCUT2D eigenvalue weighted by Gasteiger charge is -2.32. The van der Waals surface area contributed by atoms with Crippen molar-refractivity contribution in [3.63, 3.8) is 0 Å². The lowest BCUT2D eigenvalue weighted by Crippen LogP contribution is -2.56. The van der Waals surface area contributed by atoms with Gasteiger partial charge in [-0.1, -0.05) is 6.08 Å². The highest BCUT2D eigenvalue weighted by Crippen LogP contribution is 2.26. The molecule has 0 radical (unpaired) electrons. The van der Waals surface area contributed by atoms with Crippen LogP contribution >= 0.6 is 11.8 Å². The van der Waals surface area contributed by atoms with Crippen LogP contribution in [0.15, 0.2) is 33.2 Å². The average molecular weight is 385 g/mol. The summed E-state index contributed by atoms with van der Waals surface area (Å²) in [7, 11) is -1.63. The third kappa shape index (κ3) is 4.58. The zero-order valence-electron chi connectivity index (χ0n) is 14.4. The van der Waals surface area contributed by atoms with Gasteiger partial charge in [0.15, 0.2) is 9.84 Å². The highest BCUT2D eigenvalue weighted by molar-refractivity contribution is 8.00. The Labute approximate surface area is 153 Å². The minimum Gasteiger partial charge on any atom is -0.483 e. The average Bonchev–Trinajstić information content (AvgIpc) is 3.12. The maximum Gasteiger partial charge on any atom is 0.209 e. The SMILES string of the molecule is COC1=NCC(=NCC2CCCS2)NC1C1C=CC(S(C)(=O)=O)=CN1. The van der Waals surface area contributed by atoms with Crippen molar-refractivity contribution in [2.75, 3.05) is 32.2 Å². The van der Waals surface area contributed by atoms with E-state index in [1.54, 1.807) is 13.2 Å². The van der Waals surface area contributed by atoms with Gasteiger partial charge in [-0.2, -0.15) is 11.8 Å². The molecule has 3 atom stereocenters. The van der Waals surface area contributed by atoms with E-state index in [0.717, 1.165) is 12.4 Å². The van der Waals surface area contributed by atoms with Gasteiger partial charge in [-0.25, -0.2) is 13.4 Å². The molecular formula is C16H24N4O3S2. The van der Waals surface area contributed by atoms with Crippen LogP contribution in [0.25, 0.3) is 0 Å². The van der Waals surface area contributed by atoms with E-state index < -0.39 is 9.84 Å². The number of hydrogen-bond acceptors (Lipinski definition) is 7. The molecule has 1 saturated heterocycles. The molecule has 3 rings (SSSR count). The van der Waals surface area contributed by atoms with Crippen LogP contribution in [0.4, 0.5) is 0 Å². The second-order valence-electron chi connectivity index (χ2n) is 6.27. The van der Waals surface area contributed by atoms with E-state index in [1.165, 1.54) is 31.1 Å². The third-order valence-electron chi connectivity index (χ3n) is 4.36. The van der Waals surface area contributed by atoms with Crippen molar-refractivity contribution in [3.8, 4) is 0 Å². The molecule has 1 fully saturated rings. The number of dihydropyridines is 1. The molecule has 138 valence electrons. The first-order valence-corrected chi connectivity index (χ1v) is 11.3. The number of rotatable bonds is 4. The van der Waals surface area contributed by atoms with Crippen molar-refractivity contribution < 1.29 is 13.2 Å². The van der Waals surface area contributed by atoms with Gasteiger partial charge >= 0.3 is 0 Å². The Kier molecular flexibility index (Phi) is 5.73. The minimum absolute atomic E-state index is 0.157. The molecule has 3 aliphatic rings. The summed E-state index contributed by atoms with van der Waals surface area (Å²) in [5, 5.41) is 7.12. The van der Waals surface area contributed by atoms with E-state index >= 15 is 0 Å². The lowest BCUT2D eigenvalue weighted by molar-refractivity contribution is 0.360. The van der Waals surface area contributed by atoms with E-state index in [1.807, 2.05) is 17.8 Å². The van der Waals surface area contributed by atoms with Gasteiger partial charge in [-0.3, -0.25) is 4.99 Å². The molecule has 0 spiro atoms. The van der Waals surface area contributed by atoms with Crippen molar-refractivity contribution in [3.05, 3.63) is 23.3 Å². The number of hydrogen-bond donors (Lipinski definition) is 2. The van der Waals surface area contributed by atoms with Crippen LogP contribution in [-0.4, -0.2) is 69.7 Å². The van der Waals surface area contributed by atoms with E-state index in [4.69, 9.17) is 9.73 Å². The van der Waals surface area contributed by atoms with Crippen LogP contribution in [0.3, 0.4) is 0 Å². The third-order valence-corrected chi connectivity index (χ3v) is 6.86. The molecule has 0 aromatic carbocycles. The molecule has 2 N–H and O–H groups in total. The molecule has 0 aromatic heterocycles. The summed E-state index contributed by atoms with van der Waals surface area (Å²) < 4.78 is 28.6. The molecule has 0 saturated carbocycles. The molecule has 9 heteroatoms. The van der Waals surface area contributed by atoms with Crippen LogP contribution < -0.4 is 10.6 Å². The van der Waals surface area contributed by atoms with Crippen LogP contribution in [0.1, 0.15) is 12.8 Å². The fourth-order valence-corrected chi connectivity index (χ4v) is 4.78. The van der Waals surface area contributed by atoms with Gasteiger partial charge in [0.05, 0.1) is 31.1 Å². The van der Waals surface area contributed by atoms with E-state index in [2.05, 4.69) is 15.6 Å². The van der Waals surface area contributed by atoms with Gasteiger partial charge in [-0.15, -0.1) is 0 Å². The monoisotopic (exact) mass is 384 g/mol. The number of thioether (sulfide) groups is 1. The van der Waals surface area contributed by atoms with Gasteiger partial charge in [-0.05, 0) is 24.7 Å². The van der Waals surface area contributed by atoms with E-state index in [-0.39, 0.29) is 17.0 Å². The van der Waals surface area contributed by atoms with Crippen LogP contribution in [0.5, 0.6) is 0 Å². The fraction of sp³-hybridized carbons (Fsp3) is 0.625. The topological polar surface area (TPSA) is 92.2 Å². The van der Waals surface area contributed by atoms with Gasteiger partial charge in [0.25, 0.3) is 0 Å². The summed E-state index contributed by atoms with van der Waals surface area (Å²) >= 11 is 1.98. The standard InChI is InChI=1S/C16H24N4O3S2/c1-23-16-15(13-6-5-12(9-17-13)25(2,21)22)20-14(10-19-16)18-8-11-4-3-7-24-11/h5-6,9,11,13,15,17H,3-4,7-8,10H2,1-2H3,(H,18,20). The highest BCUT2D eigenvalue weighted by atomic mass is 32.2. The number of allylic oxidation sites excluding steroid dienone is 1. The Morgan fingerprint density at radius 1 is 1.48 bits per heavy atom. The number of amidine groups is 1. The number of aliphatic imine (C=N–C) groups is 2. The predicted molar refractivity (Wildman–Crippen MR) is 103 cm³/mol. The number of ether oxygens (including phenoxy) is 1. The smallest absolute Gasteiger partial charge is 0.209 e. The molecule has 3 unspecified atom stereocenters. The van der Waals surface area contributed by atoms with Gasteiger partial charge in [0, 0.05) is 17.7 Å². The molecule has 0 bridgehead atoms. The molecule has 0 amide bonds. The van der Waals surface area contributed by atoms with E-state index in [9.17, 15) is 8.42 Å². The number of nitrogens with zero attached hydrogens (tertiary/aromatic N) is 2. The number of methoxy groups -OCH3 is 1. The summed E-state index contributed by atoms with van der Waals surface area (Å²) in [5.74, 6) is 2.67. The van der Waals surface area contributed by atoms with Crippen molar-refractivity contribution in [2.45, 2.75) is 30.2 Å². The van der Waals surface area contributed by atoms with Crippen molar-refractivity contribution in [2.24, 2.45) is 9.98 Å². The normalized spacial score (nSPS) is 31.1. The Bertz CT molecular complexity index is 722. The van der Waals surface area contributed by atoms with Crippen molar-refractivity contribution in [1.82, 2.24) is 10.6 Å². The Hall–Kier alpha value is -1.48. The van der Waals surface area contributed by atoms with Crippen LogP contribution in [0, 0.1) is 0 Å². The highest BCUT2D eigenvalue weighted by Gasteiger charge is 2.31. The molecule has 25 heavy (non-hydrogen) atoms. The maximum absolute atomic E-state index is 11.6. The minimum atomic E-state index is -3.22. The zero-order chi connectivity index (χ0) is 17.9. The van der Waals surface area contributed by atoms with Crippen LogP contribution in [0.2, 0.25) is 0 Å². The van der Waals surface area contributed by atoms with E-state index in [0.29, 0.717) is 17.7 Å². The zero-order valence-corrected chi connectivity index (χ0v) is 16.1. The molecular weight excluding hydrogens is 360 g/mol. The number of nitrogens with one attached hydrogen (secondary N) is 2. The Morgan fingerprint density at radius 2 is 2.32 bits per heavy atom. The summed E-state index contributed by atoms with van der Waals surface area (Å²) in [6.07, 6.45) is 8.65. The van der Waals surface area contributed by atoms with Gasteiger partial charge in [0.2, 0.25) is 5.90 Å². The Balaban J connectivity index is 1.68. The van der Waals surface area contributed by atoms with Crippen molar-refractivity contribution >= 4 is 33.3 Å². The molecule has 3 heterocycles. The molecule has 0 aliphatic carbocycles. The second-order valence-corrected chi connectivity index (χ2v) is 9.70. The first kappa shape index (κ1) is 18.3. The summed E-state index contributed by atoms with van der Waals surface area (Å²) in [6.45, 7) is 1.29. The first-order chi connectivity index (χ1) is 12.0. The summed E-state index contributed by atoms with van der Waals surface area (Å²) in [5.41, 5.74) is 0. The maximum atomic E-state index is 11.6. The van der Waals surface area contributed by atoms with Crippen molar-refractivity contribution in [1.29, 1.82) is 0 Å². The second kappa shape index (κ2) is 7.82. The number of sulfone groups is 1. The van der Waals surface area contributed by atoms with Gasteiger partial charge in [0.1, 0.15) is 11.9 Å². The fourth-order valence-electron chi connectivity index (χ4n) is 2.99. The summed E-state index contributed by atoms with van der Waals surface area (Å²) in [6, 6.07) is -0.377. The van der Waals surface area contributed by atoms with Gasteiger partial charge < -0.3 is 15.4 Å². The largest absolute Gasteiger partial charge is 0.483 e. The first-order valence-electron chi connectivity index (χ1n) is 8.31. The predicted octanol–water partition coefficient (Wildman–Crippen LogP) is 0.711. The molecule has 0 aromatic rings. The Morgan fingerprint density at radius 3 is 2.92 bits per heavy atom. The lowest BCUT2D eigenvalue weighted by atomic mass is 10.0. The van der Waals surface area contributed by atoms with Crippen LogP contribution in [-0.2, 0) is 14.6 Å². The molecule has 7 nitrogen and oxygen atoms in total.